The van der Waals surface area contributed by atoms with Gasteiger partial charge in [0.25, 0.3) is 0 Å². The summed E-state index contributed by atoms with van der Waals surface area (Å²) in [6, 6.07) is 0. The second kappa shape index (κ2) is 4.80. The minimum absolute atomic E-state index is 0.0857. The molecule has 19 heavy (non-hydrogen) atoms. The van der Waals surface area contributed by atoms with Crippen LogP contribution in [0.25, 0.3) is 0 Å². The van der Waals surface area contributed by atoms with Gasteiger partial charge in [-0.3, -0.25) is 10.1 Å². The molecule has 106 valence electrons. The topological polar surface area (TPSA) is 84.4 Å². The number of nitrogens with zero attached hydrogens (tertiary/aromatic N) is 4. The Morgan fingerprint density at radius 1 is 1.47 bits per heavy atom. The summed E-state index contributed by atoms with van der Waals surface area (Å²) in [7, 11) is 1.71. The number of hydrogen-bond acceptors (Lipinski definition) is 5. The summed E-state index contributed by atoms with van der Waals surface area (Å²) in [6.45, 7) is 4.74. The number of β-amino-alcohol motifs (C(OH)–C–C–N with tert-alkyl or cyclic N) is 1. The summed E-state index contributed by atoms with van der Waals surface area (Å²) in [5.74, 6) is 0.506. The highest BCUT2D eigenvalue weighted by molar-refractivity contribution is 5.63. The monoisotopic (exact) mass is 268 g/mol. The van der Waals surface area contributed by atoms with Crippen LogP contribution in [0.1, 0.15) is 32.4 Å². The molecule has 0 bridgehead atoms. The molecule has 2 rings (SSSR count). The molecule has 1 saturated heterocycles. The Hall–Kier alpha value is -1.63. The van der Waals surface area contributed by atoms with Crippen LogP contribution in [0.4, 0.5) is 11.5 Å². The second-order valence-electron chi connectivity index (χ2n) is 5.18. The molecule has 1 aromatic rings. The molecule has 7 nitrogen and oxygen atoms in total. The normalized spacial score (nSPS) is 17.4. The van der Waals surface area contributed by atoms with Gasteiger partial charge in [0.1, 0.15) is 5.69 Å². The summed E-state index contributed by atoms with van der Waals surface area (Å²) in [5, 5.41) is 25.6. The number of aryl methyl sites for hydroxylation is 2. The van der Waals surface area contributed by atoms with Crippen LogP contribution in [-0.4, -0.2) is 38.5 Å². The number of nitro groups is 1. The first kappa shape index (κ1) is 13.8. The Kier molecular flexibility index (Phi) is 3.49. The fourth-order valence-corrected chi connectivity index (χ4v) is 2.54. The van der Waals surface area contributed by atoms with Crippen molar-refractivity contribution in [3.8, 4) is 0 Å². The van der Waals surface area contributed by atoms with E-state index in [1.807, 2.05) is 18.7 Å². The van der Waals surface area contributed by atoms with Crippen molar-refractivity contribution in [2.45, 2.75) is 38.7 Å². The Morgan fingerprint density at radius 3 is 2.58 bits per heavy atom. The van der Waals surface area contributed by atoms with Crippen molar-refractivity contribution in [1.29, 1.82) is 0 Å². The molecule has 0 aromatic carbocycles. The Balaban J connectivity index is 2.33. The van der Waals surface area contributed by atoms with Crippen molar-refractivity contribution in [3.05, 3.63) is 15.8 Å². The molecular formula is C12H20N4O3. The third-order valence-corrected chi connectivity index (χ3v) is 3.66. The van der Waals surface area contributed by atoms with Crippen LogP contribution in [0, 0.1) is 10.1 Å². The van der Waals surface area contributed by atoms with E-state index >= 15 is 0 Å². The van der Waals surface area contributed by atoms with Crippen molar-refractivity contribution in [3.63, 3.8) is 0 Å². The van der Waals surface area contributed by atoms with Gasteiger partial charge in [-0.15, -0.1) is 0 Å². The predicted octanol–water partition coefficient (Wildman–Crippen LogP) is 1.24. The molecule has 2 heterocycles. The summed E-state index contributed by atoms with van der Waals surface area (Å²) in [4.78, 5) is 12.7. The van der Waals surface area contributed by atoms with E-state index in [1.165, 1.54) is 0 Å². The zero-order chi connectivity index (χ0) is 14.2. The average Bonchev–Trinajstić information content (AvgIpc) is 2.62. The number of rotatable bonds is 5. The summed E-state index contributed by atoms with van der Waals surface area (Å²) in [6.07, 6.45) is 2.06. The molecule has 0 unspecified atom stereocenters. The highest BCUT2D eigenvalue weighted by Gasteiger charge is 2.44. The van der Waals surface area contributed by atoms with Crippen molar-refractivity contribution >= 4 is 11.5 Å². The molecule has 0 radical (unpaired) electrons. The highest BCUT2D eigenvalue weighted by atomic mass is 16.6. The zero-order valence-electron chi connectivity index (χ0n) is 11.6. The number of aromatic nitrogens is 2. The van der Waals surface area contributed by atoms with Gasteiger partial charge in [0.05, 0.1) is 23.6 Å². The van der Waals surface area contributed by atoms with Crippen LogP contribution >= 0.6 is 0 Å². The van der Waals surface area contributed by atoms with Crippen LogP contribution in [0.15, 0.2) is 0 Å². The quantitative estimate of drug-likeness (QED) is 0.641. The van der Waals surface area contributed by atoms with Crippen molar-refractivity contribution < 1.29 is 10.0 Å². The first-order valence-corrected chi connectivity index (χ1v) is 6.59. The van der Waals surface area contributed by atoms with E-state index in [-0.39, 0.29) is 10.6 Å². The number of aliphatic hydroxyl groups is 1. The first-order chi connectivity index (χ1) is 8.91. The Bertz CT molecular complexity index is 491. The molecule has 1 N–H and O–H groups in total. The Morgan fingerprint density at radius 2 is 2.11 bits per heavy atom. The van der Waals surface area contributed by atoms with E-state index in [4.69, 9.17) is 0 Å². The lowest BCUT2D eigenvalue weighted by Crippen LogP contribution is -2.62. The summed E-state index contributed by atoms with van der Waals surface area (Å²) in [5.41, 5.74) is -0.109. The smallest absolute Gasteiger partial charge is 0.334 e. The van der Waals surface area contributed by atoms with Crippen LogP contribution < -0.4 is 4.90 Å². The van der Waals surface area contributed by atoms with Crippen molar-refractivity contribution in [2.75, 3.05) is 18.0 Å². The number of hydrogen-bond donors (Lipinski definition) is 1. The molecule has 0 aliphatic carbocycles. The van der Waals surface area contributed by atoms with E-state index < -0.39 is 5.60 Å². The standard InChI is InChI=1S/C12H20N4O3/c1-4-6-9-10(16(18)19)11(14(3)13-9)15-7-12(17,5-2)8-15/h17H,4-8H2,1-3H3. The Labute approximate surface area is 112 Å². The summed E-state index contributed by atoms with van der Waals surface area (Å²) >= 11 is 0. The van der Waals surface area contributed by atoms with Gasteiger partial charge in [0.15, 0.2) is 0 Å². The molecule has 1 fully saturated rings. The van der Waals surface area contributed by atoms with Crippen LogP contribution in [0.3, 0.4) is 0 Å². The van der Waals surface area contributed by atoms with E-state index in [0.29, 0.717) is 37.4 Å². The van der Waals surface area contributed by atoms with Crippen molar-refractivity contribution in [1.82, 2.24) is 9.78 Å². The largest absolute Gasteiger partial charge is 0.386 e. The lowest BCUT2D eigenvalue weighted by molar-refractivity contribution is -0.385. The van der Waals surface area contributed by atoms with Gasteiger partial charge in [-0.05, 0) is 12.8 Å². The van der Waals surface area contributed by atoms with Gasteiger partial charge in [-0.2, -0.15) is 5.10 Å². The second-order valence-corrected chi connectivity index (χ2v) is 5.18. The predicted molar refractivity (Wildman–Crippen MR) is 71.3 cm³/mol. The molecule has 1 aliphatic heterocycles. The van der Waals surface area contributed by atoms with Gasteiger partial charge in [0.2, 0.25) is 5.82 Å². The van der Waals surface area contributed by atoms with Gasteiger partial charge in [-0.25, -0.2) is 4.68 Å². The molecule has 0 saturated carbocycles. The fourth-order valence-electron chi connectivity index (χ4n) is 2.54. The summed E-state index contributed by atoms with van der Waals surface area (Å²) < 4.78 is 1.55. The third kappa shape index (κ3) is 2.30. The first-order valence-electron chi connectivity index (χ1n) is 6.59. The SMILES string of the molecule is CCCc1nn(C)c(N2CC(O)(CC)C2)c1[N+](=O)[O-]. The molecule has 0 amide bonds. The van der Waals surface area contributed by atoms with E-state index in [1.54, 1.807) is 11.7 Å². The lowest BCUT2D eigenvalue weighted by atomic mass is 9.91. The number of anilines is 1. The van der Waals surface area contributed by atoms with Gasteiger partial charge < -0.3 is 10.0 Å². The highest BCUT2D eigenvalue weighted by Crippen LogP contribution is 2.37. The maximum Gasteiger partial charge on any atom is 0.334 e. The van der Waals surface area contributed by atoms with E-state index in [2.05, 4.69) is 5.10 Å². The maximum atomic E-state index is 11.3. The molecule has 1 aromatic heterocycles. The van der Waals surface area contributed by atoms with E-state index in [0.717, 1.165) is 6.42 Å². The van der Waals surface area contributed by atoms with Gasteiger partial charge in [0, 0.05) is 7.05 Å². The molecule has 1 aliphatic rings. The van der Waals surface area contributed by atoms with E-state index in [9.17, 15) is 15.2 Å². The minimum Gasteiger partial charge on any atom is -0.386 e. The van der Waals surface area contributed by atoms with Crippen molar-refractivity contribution in [2.24, 2.45) is 7.05 Å². The molecule has 7 heteroatoms. The van der Waals surface area contributed by atoms with Gasteiger partial charge >= 0.3 is 5.69 Å². The lowest BCUT2D eigenvalue weighted by Gasteiger charge is -2.46. The molecule has 0 spiro atoms. The zero-order valence-corrected chi connectivity index (χ0v) is 11.6. The van der Waals surface area contributed by atoms with Crippen LogP contribution in [0.2, 0.25) is 0 Å². The fraction of sp³-hybridized carbons (Fsp3) is 0.750. The maximum absolute atomic E-state index is 11.3. The van der Waals surface area contributed by atoms with Crippen LogP contribution in [0.5, 0.6) is 0 Å². The minimum atomic E-state index is -0.719. The van der Waals surface area contributed by atoms with Gasteiger partial charge in [-0.1, -0.05) is 20.3 Å². The van der Waals surface area contributed by atoms with Crippen LogP contribution in [-0.2, 0) is 13.5 Å². The third-order valence-electron chi connectivity index (χ3n) is 3.66. The average molecular weight is 268 g/mol. The molecular weight excluding hydrogens is 248 g/mol. The molecule has 0 atom stereocenters.